The molecule has 0 saturated heterocycles. The van der Waals surface area contributed by atoms with E-state index in [2.05, 4.69) is 12.0 Å². The summed E-state index contributed by atoms with van der Waals surface area (Å²) in [6, 6.07) is 3.86. The minimum atomic E-state index is -0.414. The Bertz CT molecular complexity index is 695. The average molecular weight is 315 g/mol. The molecule has 2 aromatic rings. The van der Waals surface area contributed by atoms with Crippen molar-refractivity contribution < 1.29 is 9.90 Å². The van der Waals surface area contributed by atoms with Crippen molar-refractivity contribution in [1.82, 2.24) is 14.5 Å². The fraction of sp³-hybridized carbons (Fsp3) is 0.556. The predicted molar refractivity (Wildman–Crippen MR) is 89.5 cm³/mol. The van der Waals surface area contributed by atoms with Crippen LogP contribution in [0, 0.1) is 6.92 Å². The van der Waals surface area contributed by atoms with E-state index in [9.17, 15) is 9.90 Å². The van der Waals surface area contributed by atoms with E-state index in [0.717, 1.165) is 43.2 Å². The number of aromatic nitrogens is 2. The number of hydrogen-bond donors (Lipinski definition) is 1. The number of carbonyl (C=O) groups is 1. The van der Waals surface area contributed by atoms with Crippen LogP contribution in [0.1, 0.15) is 54.9 Å². The van der Waals surface area contributed by atoms with Crippen molar-refractivity contribution >= 4 is 11.4 Å². The Labute approximate surface area is 136 Å². The number of aryl methyl sites for hydroxylation is 1. The number of pyridine rings is 1. The van der Waals surface area contributed by atoms with Gasteiger partial charge in [-0.25, -0.2) is 4.52 Å². The van der Waals surface area contributed by atoms with Crippen LogP contribution in [0.5, 0.6) is 0 Å². The van der Waals surface area contributed by atoms with Gasteiger partial charge in [0.2, 0.25) is 0 Å². The minimum Gasteiger partial charge on any atom is -0.391 e. The van der Waals surface area contributed by atoms with E-state index in [1.54, 1.807) is 10.7 Å². The van der Waals surface area contributed by atoms with Crippen LogP contribution in [-0.4, -0.2) is 44.2 Å². The van der Waals surface area contributed by atoms with Crippen molar-refractivity contribution in [2.24, 2.45) is 0 Å². The molecule has 1 saturated carbocycles. The number of hydrogen-bond acceptors (Lipinski definition) is 3. The molecule has 23 heavy (non-hydrogen) atoms. The molecular formula is C18H25N3O2. The normalized spacial score (nSPS) is 21.5. The lowest BCUT2D eigenvalue weighted by atomic mass is 9.91. The molecule has 3 rings (SSSR count). The highest BCUT2D eigenvalue weighted by Gasteiger charge is 2.32. The molecule has 1 N–H and O–H groups in total. The summed E-state index contributed by atoms with van der Waals surface area (Å²) in [7, 11) is 0. The van der Waals surface area contributed by atoms with Crippen LogP contribution in [0.2, 0.25) is 0 Å². The van der Waals surface area contributed by atoms with Gasteiger partial charge < -0.3 is 10.0 Å². The van der Waals surface area contributed by atoms with Gasteiger partial charge in [0.25, 0.3) is 5.91 Å². The van der Waals surface area contributed by atoms with Crippen molar-refractivity contribution in [3.63, 3.8) is 0 Å². The standard InChI is InChI=1S/C18H25N3O2/c1-3-10-20(16-6-4-5-7-17(16)22)18(23)14-11-19-21-12-13(2)8-9-15(14)21/h8-9,11-12,16-17,22H,3-7,10H2,1-2H3/t16-,17-/m1/s1. The Morgan fingerprint density at radius 2 is 2.17 bits per heavy atom. The Morgan fingerprint density at radius 1 is 1.39 bits per heavy atom. The zero-order valence-corrected chi connectivity index (χ0v) is 13.9. The van der Waals surface area contributed by atoms with Crippen molar-refractivity contribution in [1.29, 1.82) is 0 Å². The van der Waals surface area contributed by atoms with Gasteiger partial charge in [-0.05, 0) is 37.8 Å². The fourth-order valence-corrected chi connectivity index (χ4v) is 3.52. The highest BCUT2D eigenvalue weighted by Crippen LogP contribution is 2.26. The molecule has 2 atom stereocenters. The van der Waals surface area contributed by atoms with Crippen LogP contribution in [0.4, 0.5) is 0 Å². The molecule has 1 fully saturated rings. The van der Waals surface area contributed by atoms with Crippen LogP contribution in [-0.2, 0) is 0 Å². The molecule has 0 aromatic carbocycles. The quantitative estimate of drug-likeness (QED) is 0.944. The molecule has 2 heterocycles. The molecule has 5 nitrogen and oxygen atoms in total. The summed E-state index contributed by atoms with van der Waals surface area (Å²) >= 11 is 0. The molecule has 2 aromatic heterocycles. The Balaban J connectivity index is 1.93. The van der Waals surface area contributed by atoms with E-state index in [1.165, 1.54) is 0 Å². The maximum absolute atomic E-state index is 13.1. The van der Waals surface area contributed by atoms with Crippen LogP contribution < -0.4 is 0 Å². The largest absolute Gasteiger partial charge is 0.391 e. The van der Waals surface area contributed by atoms with Gasteiger partial charge in [0, 0.05) is 12.7 Å². The van der Waals surface area contributed by atoms with Crippen molar-refractivity contribution in [2.75, 3.05) is 6.54 Å². The second-order valence-electron chi connectivity index (χ2n) is 6.51. The lowest BCUT2D eigenvalue weighted by Crippen LogP contribution is -2.48. The van der Waals surface area contributed by atoms with Gasteiger partial charge in [0.1, 0.15) is 0 Å². The smallest absolute Gasteiger partial charge is 0.258 e. The second kappa shape index (κ2) is 6.71. The third kappa shape index (κ3) is 3.11. The van der Waals surface area contributed by atoms with E-state index in [-0.39, 0.29) is 11.9 Å². The molecule has 0 aliphatic heterocycles. The molecule has 0 bridgehead atoms. The highest BCUT2D eigenvalue weighted by atomic mass is 16.3. The first kappa shape index (κ1) is 16.0. The Hall–Kier alpha value is -1.88. The molecule has 1 aliphatic rings. The molecule has 0 unspecified atom stereocenters. The summed E-state index contributed by atoms with van der Waals surface area (Å²) in [5.41, 5.74) is 2.55. The molecule has 0 radical (unpaired) electrons. The van der Waals surface area contributed by atoms with E-state index >= 15 is 0 Å². The summed E-state index contributed by atoms with van der Waals surface area (Å²) < 4.78 is 1.75. The number of aliphatic hydroxyl groups excluding tert-OH is 1. The minimum absolute atomic E-state index is 0.0170. The SMILES string of the molecule is CCCN(C(=O)c1cnn2cc(C)ccc12)[C@@H]1CCCC[C@H]1O. The summed E-state index contributed by atoms with van der Waals surface area (Å²) in [5, 5.41) is 14.7. The predicted octanol–water partition coefficient (Wildman–Crippen LogP) is 2.80. The number of fused-ring (bicyclic) bond motifs is 1. The molecule has 5 heteroatoms. The van der Waals surface area contributed by atoms with Crippen molar-refractivity contribution in [2.45, 2.75) is 58.1 Å². The topological polar surface area (TPSA) is 57.8 Å². The lowest BCUT2D eigenvalue weighted by molar-refractivity contribution is 0.0179. The Morgan fingerprint density at radius 3 is 2.91 bits per heavy atom. The van der Waals surface area contributed by atoms with E-state index in [1.807, 2.05) is 30.2 Å². The molecule has 1 amide bonds. The van der Waals surface area contributed by atoms with Crippen molar-refractivity contribution in [3.05, 3.63) is 35.7 Å². The van der Waals surface area contributed by atoms with E-state index in [0.29, 0.717) is 12.1 Å². The van der Waals surface area contributed by atoms with Gasteiger partial charge in [-0.2, -0.15) is 5.10 Å². The van der Waals surface area contributed by atoms with Gasteiger partial charge in [-0.1, -0.05) is 25.8 Å². The summed E-state index contributed by atoms with van der Waals surface area (Å²) in [6.45, 7) is 4.74. The molecule has 124 valence electrons. The monoisotopic (exact) mass is 315 g/mol. The summed E-state index contributed by atoms with van der Waals surface area (Å²) in [6.07, 6.45) is 7.82. The third-order valence-electron chi connectivity index (χ3n) is 4.71. The first-order chi connectivity index (χ1) is 11.1. The first-order valence-corrected chi connectivity index (χ1v) is 8.55. The fourth-order valence-electron chi connectivity index (χ4n) is 3.52. The zero-order valence-electron chi connectivity index (χ0n) is 13.9. The number of amides is 1. The van der Waals surface area contributed by atoms with Crippen LogP contribution in [0.15, 0.2) is 24.5 Å². The van der Waals surface area contributed by atoms with Gasteiger partial charge >= 0.3 is 0 Å². The molecular weight excluding hydrogens is 290 g/mol. The van der Waals surface area contributed by atoms with Crippen molar-refractivity contribution in [3.8, 4) is 0 Å². The highest BCUT2D eigenvalue weighted by molar-refractivity contribution is 6.00. The van der Waals surface area contributed by atoms with Gasteiger partial charge in [-0.15, -0.1) is 0 Å². The van der Waals surface area contributed by atoms with E-state index in [4.69, 9.17) is 0 Å². The maximum Gasteiger partial charge on any atom is 0.258 e. The number of rotatable bonds is 4. The van der Waals surface area contributed by atoms with Gasteiger partial charge in [0.05, 0.1) is 29.4 Å². The van der Waals surface area contributed by atoms with Crippen LogP contribution >= 0.6 is 0 Å². The Kier molecular flexibility index (Phi) is 4.66. The third-order valence-corrected chi connectivity index (χ3v) is 4.71. The molecule has 0 spiro atoms. The molecule has 1 aliphatic carbocycles. The second-order valence-corrected chi connectivity index (χ2v) is 6.51. The zero-order chi connectivity index (χ0) is 16.4. The van der Waals surface area contributed by atoms with Crippen LogP contribution in [0.3, 0.4) is 0 Å². The average Bonchev–Trinajstić information content (AvgIpc) is 2.96. The van der Waals surface area contributed by atoms with Crippen LogP contribution in [0.25, 0.3) is 5.52 Å². The maximum atomic E-state index is 13.1. The van der Waals surface area contributed by atoms with Gasteiger partial charge in [-0.3, -0.25) is 4.79 Å². The summed E-state index contributed by atoms with van der Waals surface area (Å²) in [5.74, 6) is -0.0170. The van der Waals surface area contributed by atoms with Gasteiger partial charge in [0.15, 0.2) is 0 Å². The number of carbonyl (C=O) groups excluding carboxylic acids is 1. The van der Waals surface area contributed by atoms with E-state index < -0.39 is 6.10 Å². The first-order valence-electron chi connectivity index (χ1n) is 8.55. The summed E-state index contributed by atoms with van der Waals surface area (Å²) in [4.78, 5) is 15.0. The number of aliphatic hydroxyl groups is 1. The number of nitrogens with zero attached hydrogens (tertiary/aromatic N) is 3. The lowest BCUT2D eigenvalue weighted by Gasteiger charge is -2.37.